The largest absolute Gasteiger partial charge is 0.507 e. The monoisotopic (exact) mass is 342 g/mol. The smallest absolute Gasteiger partial charge is 0.225 e. The van der Waals surface area contributed by atoms with Crippen LogP contribution in [0.1, 0.15) is 20.8 Å². The zero-order chi connectivity index (χ0) is 18.0. The third kappa shape index (κ3) is 3.60. The molecule has 2 aromatic rings. The van der Waals surface area contributed by atoms with Crippen molar-refractivity contribution < 1.29 is 10.2 Å². The topological polar surface area (TPSA) is 72.7 Å². The zero-order valence-corrected chi connectivity index (χ0v) is 15.0. The number of aliphatic hydroxyl groups excluding tert-OH is 1. The second-order valence-electron chi connectivity index (χ2n) is 6.87. The average molecular weight is 342 g/mol. The van der Waals surface area contributed by atoms with E-state index in [2.05, 4.69) is 40.5 Å². The molecule has 6 heteroatoms. The predicted octanol–water partition coefficient (Wildman–Crippen LogP) is 2.13. The van der Waals surface area contributed by atoms with E-state index in [1.54, 1.807) is 24.5 Å². The predicted molar refractivity (Wildman–Crippen MR) is 98.7 cm³/mol. The lowest BCUT2D eigenvalue weighted by molar-refractivity contribution is 0.0524. The second-order valence-corrected chi connectivity index (χ2v) is 6.87. The second kappa shape index (κ2) is 7.37. The molecule has 3 unspecified atom stereocenters. The number of aliphatic hydroxyl groups is 1. The van der Waals surface area contributed by atoms with Gasteiger partial charge < -0.3 is 15.1 Å². The highest BCUT2D eigenvalue weighted by atomic mass is 16.3. The number of para-hydroxylation sites is 1. The van der Waals surface area contributed by atoms with Crippen LogP contribution in [0.2, 0.25) is 0 Å². The number of phenols is 1. The van der Waals surface area contributed by atoms with E-state index < -0.39 is 0 Å². The first-order chi connectivity index (χ1) is 12.0. The van der Waals surface area contributed by atoms with Gasteiger partial charge in [-0.3, -0.25) is 4.90 Å². The molecule has 3 atom stereocenters. The Hall–Kier alpha value is -2.18. The standard InChI is InChI=1S/C19H26N4O2/c1-13-10-22(11-14(2)23(13)15(3)12-24)19-20-8-16(9-21-19)17-6-4-5-7-18(17)25/h4-9,13-15,24-25H,10-12H2,1-3H3. The van der Waals surface area contributed by atoms with Crippen molar-refractivity contribution in [2.45, 2.75) is 38.9 Å². The van der Waals surface area contributed by atoms with Crippen LogP contribution in [0.4, 0.5) is 5.95 Å². The minimum absolute atomic E-state index is 0.150. The van der Waals surface area contributed by atoms with Crippen LogP contribution < -0.4 is 4.90 Å². The number of aromatic hydroxyl groups is 1. The first-order valence-corrected chi connectivity index (χ1v) is 8.75. The van der Waals surface area contributed by atoms with Crippen molar-refractivity contribution in [3.63, 3.8) is 0 Å². The fraction of sp³-hybridized carbons (Fsp3) is 0.474. The fourth-order valence-corrected chi connectivity index (χ4v) is 3.80. The molecule has 25 heavy (non-hydrogen) atoms. The maximum absolute atomic E-state index is 9.96. The van der Waals surface area contributed by atoms with Crippen LogP contribution in [0.25, 0.3) is 11.1 Å². The van der Waals surface area contributed by atoms with Crippen LogP contribution in [0.3, 0.4) is 0 Å². The van der Waals surface area contributed by atoms with Crippen molar-refractivity contribution >= 4 is 5.95 Å². The maximum Gasteiger partial charge on any atom is 0.225 e. The average Bonchev–Trinajstić information content (AvgIpc) is 2.61. The molecule has 1 fully saturated rings. The van der Waals surface area contributed by atoms with Crippen LogP contribution in [0.15, 0.2) is 36.7 Å². The number of hydrogen-bond donors (Lipinski definition) is 2. The van der Waals surface area contributed by atoms with Gasteiger partial charge in [0.05, 0.1) is 6.61 Å². The lowest BCUT2D eigenvalue weighted by Gasteiger charge is -2.46. The molecule has 1 aliphatic heterocycles. The number of aromatic nitrogens is 2. The highest BCUT2D eigenvalue weighted by Crippen LogP contribution is 2.28. The van der Waals surface area contributed by atoms with Gasteiger partial charge in [0.1, 0.15) is 5.75 Å². The van der Waals surface area contributed by atoms with Gasteiger partial charge in [-0.25, -0.2) is 9.97 Å². The summed E-state index contributed by atoms with van der Waals surface area (Å²) < 4.78 is 0. The molecule has 0 saturated carbocycles. The van der Waals surface area contributed by atoms with Crippen LogP contribution in [0, 0.1) is 0 Å². The Labute approximate surface area is 148 Å². The van der Waals surface area contributed by atoms with Crippen molar-refractivity contribution in [2.24, 2.45) is 0 Å². The fourth-order valence-electron chi connectivity index (χ4n) is 3.80. The molecular weight excluding hydrogens is 316 g/mol. The SMILES string of the molecule is CC(CO)N1C(C)CN(c2ncc(-c3ccccc3O)cn2)CC1C. The summed E-state index contributed by atoms with van der Waals surface area (Å²) in [5, 5.41) is 19.4. The molecular formula is C19H26N4O2. The van der Waals surface area contributed by atoms with E-state index in [0.29, 0.717) is 18.0 Å². The molecule has 0 spiro atoms. The summed E-state index contributed by atoms with van der Waals surface area (Å²) in [6, 6.07) is 7.97. The Bertz CT molecular complexity index is 695. The number of piperazine rings is 1. The van der Waals surface area contributed by atoms with E-state index in [9.17, 15) is 10.2 Å². The minimum Gasteiger partial charge on any atom is -0.507 e. The zero-order valence-electron chi connectivity index (χ0n) is 15.0. The molecule has 6 nitrogen and oxygen atoms in total. The third-order valence-corrected chi connectivity index (χ3v) is 4.90. The summed E-state index contributed by atoms with van der Waals surface area (Å²) in [5.74, 6) is 0.932. The lowest BCUT2D eigenvalue weighted by Crippen LogP contribution is -2.60. The molecule has 1 saturated heterocycles. The van der Waals surface area contributed by atoms with Crippen molar-refractivity contribution in [3.8, 4) is 16.9 Å². The number of phenolic OH excluding ortho intramolecular Hbond substituents is 1. The summed E-state index contributed by atoms with van der Waals surface area (Å²) >= 11 is 0. The summed E-state index contributed by atoms with van der Waals surface area (Å²) in [5.41, 5.74) is 1.54. The van der Waals surface area contributed by atoms with Crippen LogP contribution in [-0.4, -0.2) is 62.9 Å². The van der Waals surface area contributed by atoms with Gasteiger partial charge in [-0.15, -0.1) is 0 Å². The molecule has 0 amide bonds. The molecule has 134 valence electrons. The Morgan fingerprint density at radius 3 is 2.28 bits per heavy atom. The Morgan fingerprint density at radius 2 is 1.72 bits per heavy atom. The number of hydrogen-bond acceptors (Lipinski definition) is 6. The van der Waals surface area contributed by atoms with E-state index in [4.69, 9.17) is 0 Å². The molecule has 1 aromatic heterocycles. The molecule has 2 heterocycles. The van der Waals surface area contributed by atoms with E-state index in [1.165, 1.54) is 0 Å². The van der Waals surface area contributed by atoms with E-state index in [1.807, 2.05) is 12.1 Å². The molecule has 0 aliphatic carbocycles. The lowest BCUT2D eigenvalue weighted by atomic mass is 10.1. The van der Waals surface area contributed by atoms with Gasteiger partial charge in [0, 0.05) is 54.7 Å². The highest BCUT2D eigenvalue weighted by molar-refractivity contribution is 5.68. The quantitative estimate of drug-likeness (QED) is 0.887. The van der Waals surface area contributed by atoms with Crippen molar-refractivity contribution in [1.29, 1.82) is 0 Å². The van der Waals surface area contributed by atoms with Crippen molar-refractivity contribution in [1.82, 2.24) is 14.9 Å². The first-order valence-electron chi connectivity index (χ1n) is 8.75. The van der Waals surface area contributed by atoms with Crippen LogP contribution in [0.5, 0.6) is 5.75 Å². The van der Waals surface area contributed by atoms with E-state index in [-0.39, 0.29) is 18.4 Å². The number of nitrogens with zero attached hydrogens (tertiary/aromatic N) is 4. The van der Waals surface area contributed by atoms with Gasteiger partial charge in [-0.1, -0.05) is 18.2 Å². The Morgan fingerprint density at radius 1 is 1.12 bits per heavy atom. The summed E-state index contributed by atoms with van der Waals surface area (Å²) in [7, 11) is 0. The molecule has 0 radical (unpaired) electrons. The third-order valence-electron chi connectivity index (χ3n) is 4.90. The number of benzene rings is 1. The molecule has 1 aliphatic rings. The van der Waals surface area contributed by atoms with Crippen LogP contribution in [-0.2, 0) is 0 Å². The van der Waals surface area contributed by atoms with E-state index >= 15 is 0 Å². The molecule has 3 rings (SSSR count). The normalized spacial score (nSPS) is 22.8. The van der Waals surface area contributed by atoms with Crippen molar-refractivity contribution in [3.05, 3.63) is 36.7 Å². The van der Waals surface area contributed by atoms with Gasteiger partial charge in [0.2, 0.25) is 5.95 Å². The summed E-state index contributed by atoms with van der Waals surface area (Å²) in [6.45, 7) is 8.21. The van der Waals surface area contributed by atoms with Gasteiger partial charge in [-0.05, 0) is 26.8 Å². The van der Waals surface area contributed by atoms with Gasteiger partial charge in [0.15, 0.2) is 0 Å². The summed E-state index contributed by atoms with van der Waals surface area (Å²) in [4.78, 5) is 13.6. The Kier molecular flexibility index (Phi) is 5.20. The van der Waals surface area contributed by atoms with Gasteiger partial charge in [-0.2, -0.15) is 0 Å². The molecule has 1 aromatic carbocycles. The van der Waals surface area contributed by atoms with E-state index in [0.717, 1.165) is 24.2 Å². The first kappa shape index (κ1) is 17.6. The minimum atomic E-state index is 0.150. The van der Waals surface area contributed by atoms with Crippen molar-refractivity contribution in [2.75, 3.05) is 24.6 Å². The van der Waals surface area contributed by atoms with Crippen LogP contribution >= 0.6 is 0 Å². The Balaban J connectivity index is 1.76. The maximum atomic E-state index is 9.96. The molecule has 0 bridgehead atoms. The number of rotatable bonds is 4. The highest BCUT2D eigenvalue weighted by Gasteiger charge is 2.33. The van der Waals surface area contributed by atoms with Gasteiger partial charge >= 0.3 is 0 Å². The summed E-state index contributed by atoms with van der Waals surface area (Å²) in [6.07, 6.45) is 3.52. The number of anilines is 1. The van der Waals surface area contributed by atoms with Gasteiger partial charge in [0.25, 0.3) is 0 Å². The molecule has 2 N–H and O–H groups in total.